The molecule has 35 heavy (non-hydrogen) atoms. The first-order valence-electron chi connectivity index (χ1n) is 12.2. The molecule has 0 aromatic heterocycles. The number of amides is 2. The highest BCUT2D eigenvalue weighted by Gasteiger charge is 2.51. The first kappa shape index (κ1) is 23.1. The fraction of sp³-hybridized carbons (Fsp3) is 0.429. The smallest absolute Gasteiger partial charge is 0.293 e. The van der Waals surface area contributed by atoms with Gasteiger partial charge in [-0.05, 0) is 109 Å². The van der Waals surface area contributed by atoms with E-state index in [0.29, 0.717) is 10.7 Å². The molecule has 2 aromatic rings. The second-order valence-electron chi connectivity index (χ2n) is 10.6. The summed E-state index contributed by atoms with van der Waals surface area (Å²) in [5.74, 6) is 2.17. The number of hydrogen-bond acceptors (Lipinski definition) is 4. The quantitative estimate of drug-likeness (QED) is 0.398. The lowest BCUT2D eigenvalue weighted by Crippen LogP contribution is -2.48. The van der Waals surface area contributed by atoms with Gasteiger partial charge in [-0.1, -0.05) is 23.7 Å². The predicted octanol–water partition coefficient (Wildman–Crippen LogP) is 7.19. The zero-order valence-corrected chi connectivity index (χ0v) is 21.1. The second-order valence-corrected chi connectivity index (χ2v) is 12.0. The summed E-state index contributed by atoms with van der Waals surface area (Å²) in [6.45, 7) is -0.196. The highest BCUT2D eigenvalue weighted by Crippen LogP contribution is 2.61. The van der Waals surface area contributed by atoms with Gasteiger partial charge >= 0.3 is 0 Å². The van der Waals surface area contributed by atoms with E-state index in [1.165, 1.54) is 56.2 Å². The van der Waals surface area contributed by atoms with E-state index in [1.807, 2.05) is 6.07 Å². The van der Waals surface area contributed by atoms with E-state index < -0.39 is 17.0 Å². The Morgan fingerprint density at radius 3 is 2.43 bits per heavy atom. The molecule has 1 aliphatic heterocycles. The number of benzene rings is 2. The van der Waals surface area contributed by atoms with E-state index >= 15 is 0 Å². The molecular formula is C28H27ClFNO3S. The van der Waals surface area contributed by atoms with Crippen molar-refractivity contribution in [2.24, 2.45) is 17.8 Å². The zero-order chi connectivity index (χ0) is 24.3. The molecule has 0 N–H and O–H groups in total. The van der Waals surface area contributed by atoms with Gasteiger partial charge in [0, 0.05) is 16.1 Å². The van der Waals surface area contributed by atoms with Gasteiger partial charge in [-0.25, -0.2) is 4.39 Å². The molecule has 4 nitrogen and oxygen atoms in total. The van der Waals surface area contributed by atoms with Crippen LogP contribution in [-0.2, 0) is 16.8 Å². The van der Waals surface area contributed by atoms with Crippen molar-refractivity contribution in [2.75, 3.05) is 7.11 Å². The molecule has 0 unspecified atom stereocenters. The maximum atomic E-state index is 14.3. The van der Waals surface area contributed by atoms with E-state index in [-0.39, 0.29) is 22.5 Å². The summed E-state index contributed by atoms with van der Waals surface area (Å²) in [5, 5.41) is -0.241. The number of carbonyl (C=O) groups is 2. The lowest BCUT2D eigenvalue weighted by atomic mass is 9.48. The molecule has 4 bridgehead atoms. The van der Waals surface area contributed by atoms with Crippen molar-refractivity contribution < 1.29 is 18.7 Å². The number of imide groups is 1. The standard InChI is InChI=1S/C28H27ClFNO3S/c1-34-24-6-5-20(28-12-16-7-17(13-28)9-18(8-16)14-28)10-19(24)11-25-26(32)31(27(33)35-25)15-21-22(29)3-2-4-23(21)30/h2-6,10-11,16-18H,7-9,12-15H2,1H3/b25-11+. The van der Waals surface area contributed by atoms with E-state index in [0.717, 1.165) is 40.0 Å². The van der Waals surface area contributed by atoms with Crippen molar-refractivity contribution in [1.82, 2.24) is 4.90 Å². The van der Waals surface area contributed by atoms with Gasteiger partial charge in [0.2, 0.25) is 0 Å². The normalized spacial score (nSPS) is 30.5. The number of ether oxygens (including phenoxy) is 1. The Morgan fingerprint density at radius 1 is 1.11 bits per heavy atom. The first-order chi connectivity index (χ1) is 16.8. The molecule has 7 heteroatoms. The van der Waals surface area contributed by atoms with Crippen LogP contribution in [0, 0.1) is 23.6 Å². The molecule has 4 saturated carbocycles. The number of halogens is 2. The van der Waals surface area contributed by atoms with E-state index in [2.05, 4.69) is 12.1 Å². The predicted molar refractivity (Wildman–Crippen MR) is 136 cm³/mol. The van der Waals surface area contributed by atoms with Crippen LogP contribution in [0.4, 0.5) is 9.18 Å². The average molecular weight is 512 g/mol. The number of thioether (sulfide) groups is 1. The van der Waals surface area contributed by atoms with Crippen molar-refractivity contribution in [3.05, 3.63) is 68.8 Å². The topological polar surface area (TPSA) is 46.6 Å². The van der Waals surface area contributed by atoms with E-state index in [1.54, 1.807) is 19.3 Å². The van der Waals surface area contributed by atoms with Gasteiger partial charge in [0.15, 0.2) is 0 Å². The van der Waals surface area contributed by atoms with Gasteiger partial charge in [0.1, 0.15) is 11.6 Å². The van der Waals surface area contributed by atoms with Crippen LogP contribution in [0.15, 0.2) is 41.3 Å². The summed E-state index contributed by atoms with van der Waals surface area (Å²) in [6, 6.07) is 10.7. The molecule has 7 rings (SSSR count). The molecule has 182 valence electrons. The molecule has 1 saturated heterocycles. The van der Waals surface area contributed by atoms with Crippen LogP contribution in [0.5, 0.6) is 5.75 Å². The molecule has 2 aromatic carbocycles. The number of methoxy groups -OCH3 is 1. The van der Waals surface area contributed by atoms with Crippen LogP contribution in [-0.4, -0.2) is 23.2 Å². The number of hydrogen-bond donors (Lipinski definition) is 0. The van der Waals surface area contributed by atoms with Crippen LogP contribution < -0.4 is 4.74 Å². The molecule has 4 aliphatic carbocycles. The van der Waals surface area contributed by atoms with Crippen molar-refractivity contribution in [2.45, 2.75) is 50.5 Å². The van der Waals surface area contributed by atoms with Crippen LogP contribution in [0.2, 0.25) is 5.02 Å². The summed E-state index contributed by atoms with van der Waals surface area (Å²) in [7, 11) is 1.61. The lowest BCUT2D eigenvalue weighted by molar-refractivity contribution is -0.123. The van der Waals surface area contributed by atoms with Crippen LogP contribution >= 0.6 is 23.4 Å². The van der Waals surface area contributed by atoms with Crippen LogP contribution in [0.3, 0.4) is 0 Å². The van der Waals surface area contributed by atoms with E-state index in [4.69, 9.17) is 16.3 Å². The van der Waals surface area contributed by atoms with Crippen molar-refractivity contribution in [3.63, 3.8) is 0 Å². The molecule has 5 fully saturated rings. The fourth-order valence-corrected chi connectivity index (χ4v) is 8.31. The Balaban J connectivity index is 1.31. The Bertz CT molecular complexity index is 1200. The first-order valence-corrected chi connectivity index (χ1v) is 13.4. The monoisotopic (exact) mass is 511 g/mol. The average Bonchev–Trinajstić information content (AvgIpc) is 3.07. The molecule has 0 atom stereocenters. The van der Waals surface area contributed by atoms with Gasteiger partial charge in [-0.15, -0.1) is 0 Å². The minimum atomic E-state index is -0.537. The summed E-state index contributed by atoms with van der Waals surface area (Å²) in [6.07, 6.45) is 9.60. The van der Waals surface area contributed by atoms with Gasteiger partial charge in [0.05, 0.1) is 18.6 Å². The van der Waals surface area contributed by atoms with Crippen molar-refractivity contribution in [3.8, 4) is 5.75 Å². The van der Waals surface area contributed by atoms with Crippen LogP contribution in [0.1, 0.15) is 55.2 Å². The molecule has 0 spiro atoms. The Morgan fingerprint density at radius 2 is 1.80 bits per heavy atom. The maximum absolute atomic E-state index is 14.3. The van der Waals surface area contributed by atoms with Crippen molar-refractivity contribution >= 4 is 40.6 Å². The molecule has 1 heterocycles. The fourth-order valence-electron chi connectivity index (χ4n) is 7.26. The highest BCUT2D eigenvalue weighted by atomic mass is 35.5. The van der Waals surface area contributed by atoms with Gasteiger partial charge in [0.25, 0.3) is 11.1 Å². The molecule has 0 radical (unpaired) electrons. The highest BCUT2D eigenvalue weighted by molar-refractivity contribution is 8.18. The summed E-state index contributed by atoms with van der Waals surface area (Å²) >= 11 is 7.00. The van der Waals surface area contributed by atoms with Crippen molar-refractivity contribution in [1.29, 1.82) is 0 Å². The zero-order valence-electron chi connectivity index (χ0n) is 19.6. The van der Waals surface area contributed by atoms with Crippen LogP contribution in [0.25, 0.3) is 6.08 Å². The minimum absolute atomic E-state index is 0.138. The second kappa shape index (κ2) is 8.67. The Kier molecular flexibility index (Phi) is 5.72. The maximum Gasteiger partial charge on any atom is 0.293 e. The largest absolute Gasteiger partial charge is 0.496 e. The summed E-state index contributed by atoms with van der Waals surface area (Å²) in [5.41, 5.74) is 2.47. The molecule has 2 amide bonds. The van der Waals surface area contributed by atoms with Gasteiger partial charge < -0.3 is 4.74 Å². The van der Waals surface area contributed by atoms with E-state index in [9.17, 15) is 14.0 Å². The number of rotatable bonds is 5. The van der Waals surface area contributed by atoms with Gasteiger partial charge in [-0.2, -0.15) is 0 Å². The number of carbonyl (C=O) groups excluding carboxylic acids is 2. The third-order valence-electron chi connectivity index (χ3n) is 8.42. The van der Waals surface area contributed by atoms with Gasteiger partial charge in [-0.3, -0.25) is 14.5 Å². The minimum Gasteiger partial charge on any atom is -0.496 e. The third-order valence-corrected chi connectivity index (χ3v) is 9.68. The Labute approximate surface area is 213 Å². The molecular weight excluding hydrogens is 485 g/mol. The summed E-state index contributed by atoms with van der Waals surface area (Å²) in [4.78, 5) is 27.2. The third kappa shape index (κ3) is 3.99. The lowest BCUT2D eigenvalue weighted by Gasteiger charge is -2.57. The SMILES string of the molecule is COc1ccc(C23CC4CC(CC(C4)C2)C3)cc1/C=C1/SC(=O)N(Cc2c(F)cccc2Cl)C1=O. The molecule has 5 aliphatic rings. The summed E-state index contributed by atoms with van der Waals surface area (Å²) < 4.78 is 19.9. The Hall–Kier alpha value is -2.31. The number of nitrogens with zero attached hydrogens (tertiary/aromatic N) is 1.